The highest BCUT2D eigenvalue weighted by atomic mass is 35.5. The van der Waals surface area contributed by atoms with E-state index in [4.69, 9.17) is 74.7 Å². The van der Waals surface area contributed by atoms with Crippen molar-refractivity contribution in [3.63, 3.8) is 0 Å². The molecule has 1 aliphatic rings. The van der Waals surface area contributed by atoms with Gasteiger partial charge in [0.1, 0.15) is 0 Å². The van der Waals surface area contributed by atoms with Crippen molar-refractivity contribution in [1.29, 1.82) is 0 Å². The van der Waals surface area contributed by atoms with E-state index in [1.807, 2.05) is 0 Å². The molecule has 2 aromatic rings. The van der Waals surface area contributed by atoms with Gasteiger partial charge in [0.05, 0.1) is 46.4 Å². The van der Waals surface area contributed by atoms with E-state index in [2.05, 4.69) is 4.99 Å². The lowest BCUT2D eigenvalue weighted by atomic mass is 10.2. The number of amides is 1. The highest BCUT2D eigenvalue weighted by molar-refractivity contribution is 8.19. The molecular weight excluding hydrogens is 525 g/mol. The molecule has 0 unspecified atom stereocenters. The fourth-order valence-electron chi connectivity index (χ4n) is 2.28. The van der Waals surface area contributed by atoms with E-state index in [0.29, 0.717) is 5.69 Å². The van der Waals surface area contributed by atoms with Crippen molar-refractivity contribution in [1.82, 2.24) is 0 Å². The van der Waals surface area contributed by atoms with Gasteiger partial charge < -0.3 is 5.11 Å². The second-order valence-electron chi connectivity index (χ2n) is 5.43. The molecule has 1 heterocycles. The summed E-state index contributed by atoms with van der Waals surface area (Å²) < 4.78 is 0. The molecule has 150 valence electrons. The number of carboxylic acid groups (broad SMARTS) is 1. The maximum absolute atomic E-state index is 12.8. The van der Waals surface area contributed by atoms with Gasteiger partial charge in [-0.1, -0.05) is 69.6 Å². The van der Waals surface area contributed by atoms with Crippen LogP contribution in [0.2, 0.25) is 30.1 Å². The molecular formula is C17H6Cl6N2O3S. The number of rotatable bonds is 3. The van der Waals surface area contributed by atoms with Crippen molar-refractivity contribution in [2.75, 3.05) is 4.90 Å². The first-order chi connectivity index (χ1) is 13.6. The largest absolute Gasteiger partial charge is 0.478 e. The fourth-order valence-corrected chi connectivity index (χ4v) is 4.41. The van der Waals surface area contributed by atoms with Gasteiger partial charge in [0.2, 0.25) is 0 Å². The van der Waals surface area contributed by atoms with Crippen molar-refractivity contribution in [3.8, 4) is 0 Å². The number of nitrogens with zero attached hydrogens (tertiary/aromatic N) is 2. The molecule has 0 bridgehead atoms. The summed E-state index contributed by atoms with van der Waals surface area (Å²) in [5, 5.41) is 10.0. The molecule has 1 saturated heterocycles. The highest BCUT2D eigenvalue weighted by Crippen LogP contribution is 2.41. The Bertz CT molecular complexity index is 1070. The summed E-state index contributed by atoms with van der Waals surface area (Å²) >= 11 is 37.0. The Hall–Kier alpha value is -1.12. The van der Waals surface area contributed by atoms with Crippen LogP contribution in [0.25, 0.3) is 0 Å². The number of aliphatic imine (C=N–C) groups is 1. The quantitative estimate of drug-likeness (QED) is 0.333. The molecule has 5 nitrogen and oxygen atoms in total. The Morgan fingerprint density at radius 1 is 0.931 bits per heavy atom. The van der Waals surface area contributed by atoms with Crippen LogP contribution >= 0.6 is 81.4 Å². The number of amidine groups is 1. The number of hydrogen-bond donors (Lipinski definition) is 1. The maximum Gasteiger partial charge on any atom is 0.329 e. The van der Waals surface area contributed by atoms with Crippen molar-refractivity contribution in [2.24, 2.45) is 4.99 Å². The molecule has 0 saturated carbocycles. The van der Waals surface area contributed by atoms with Crippen LogP contribution < -0.4 is 4.90 Å². The van der Waals surface area contributed by atoms with Gasteiger partial charge in [-0.05, 0) is 36.0 Å². The smallest absolute Gasteiger partial charge is 0.329 e. The van der Waals surface area contributed by atoms with Crippen LogP contribution in [0.1, 0.15) is 0 Å². The molecule has 1 N–H and O–H groups in total. The number of anilines is 1. The first-order valence-corrected chi connectivity index (χ1v) is 10.5. The molecule has 2 aromatic carbocycles. The van der Waals surface area contributed by atoms with Gasteiger partial charge in [0.25, 0.3) is 5.91 Å². The molecule has 0 spiro atoms. The van der Waals surface area contributed by atoms with E-state index in [0.717, 1.165) is 22.7 Å². The first kappa shape index (κ1) is 22.6. The number of carbonyl (C=O) groups excluding carboxylic acids is 1. The zero-order valence-corrected chi connectivity index (χ0v) is 19.1. The number of aliphatic carboxylic acids is 1. The third-order valence-electron chi connectivity index (χ3n) is 3.48. The molecule has 0 aliphatic carbocycles. The third-order valence-corrected chi connectivity index (χ3v) is 6.84. The molecule has 1 aliphatic heterocycles. The van der Waals surface area contributed by atoms with Crippen molar-refractivity contribution in [2.45, 2.75) is 0 Å². The second kappa shape index (κ2) is 8.94. The zero-order chi connectivity index (χ0) is 21.5. The van der Waals surface area contributed by atoms with E-state index in [1.54, 1.807) is 0 Å². The van der Waals surface area contributed by atoms with Gasteiger partial charge in [-0.3, -0.25) is 9.69 Å². The van der Waals surface area contributed by atoms with Crippen LogP contribution in [0.15, 0.2) is 40.2 Å². The summed E-state index contributed by atoms with van der Waals surface area (Å²) in [5.41, 5.74) is 0.549. The Balaban J connectivity index is 2.17. The van der Waals surface area contributed by atoms with Crippen molar-refractivity contribution < 1.29 is 14.7 Å². The lowest BCUT2D eigenvalue weighted by molar-refractivity contribution is -0.131. The van der Waals surface area contributed by atoms with Gasteiger partial charge in [-0.25, -0.2) is 9.79 Å². The minimum atomic E-state index is -1.29. The first-order valence-electron chi connectivity index (χ1n) is 7.43. The lowest BCUT2D eigenvalue weighted by Crippen LogP contribution is -2.28. The minimum absolute atomic E-state index is 0.0652. The molecule has 29 heavy (non-hydrogen) atoms. The van der Waals surface area contributed by atoms with Crippen LogP contribution in [0, 0.1) is 0 Å². The van der Waals surface area contributed by atoms with Crippen LogP contribution in [0.3, 0.4) is 0 Å². The Morgan fingerprint density at radius 2 is 1.41 bits per heavy atom. The predicted octanol–water partition coefficient (Wildman–Crippen LogP) is 7.34. The lowest BCUT2D eigenvalue weighted by Gasteiger charge is -2.17. The SMILES string of the molecule is O=C(O)C=C1SC(=Nc2cc(Cl)c(Cl)c(Cl)c2)N(c2cc(Cl)c(Cl)c(Cl)c2)C1=O. The molecule has 0 aromatic heterocycles. The highest BCUT2D eigenvalue weighted by Gasteiger charge is 2.36. The van der Waals surface area contributed by atoms with E-state index in [1.165, 1.54) is 24.3 Å². The Labute approximate surface area is 198 Å². The van der Waals surface area contributed by atoms with E-state index in [-0.39, 0.29) is 45.9 Å². The monoisotopic (exact) mass is 528 g/mol. The van der Waals surface area contributed by atoms with Crippen LogP contribution in [-0.4, -0.2) is 22.2 Å². The van der Waals surface area contributed by atoms with Crippen LogP contribution in [0.4, 0.5) is 11.4 Å². The average molecular weight is 531 g/mol. The van der Waals surface area contributed by atoms with Gasteiger partial charge in [0, 0.05) is 6.08 Å². The third kappa shape index (κ3) is 4.80. The number of hydrogen-bond acceptors (Lipinski definition) is 4. The van der Waals surface area contributed by atoms with Crippen molar-refractivity contribution >= 4 is 110 Å². The van der Waals surface area contributed by atoms with Crippen LogP contribution in [0.5, 0.6) is 0 Å². The molecule has 0 atom stereocenters. The van der Waals surface area contributed by atoms with E-state index < -0.39 is 11.9 Å². The average Bonchev–Trinajstić information content (AvgIpc) is 2.91. The number of halogens is 6. The Kier molecular flexibility index (Phi) is 6.95. The summed E-state index contributed by atoms with van der Waals surface area (Å²) in [6.45, 7) is 0. The summed E-state index contributed by atoms with van der Waals surface area (Å²) in [7, 11) is 0. The minimum Gasteiger partial charge on any atom is -0.478 e. The maximum atomic E-state index is 12.8. The second-order valence-corrected chi connectivity index (χ2v) is 8.82. The number of thioether (sulfide) groups is 1. The number of carbonyl (C=O) groups is 2. The predicted molar refractivity (Wildman–Crippen MR) is 121 cm³/mol. The van der Waals surface area contributed by atoms with E-state index in [9.17, 15) is 9.59 Å². The fraction of sp³-hybridized carbons (Fsp3) is 0. The summed E-state index contributed by atoms with van der Waals surface area (Å²) in [6.07, 6.45) is 0.781. The van der Waals surface area contributed by atoms with E-state index >= 15 is 0 Å². The van der Waals surface area contributed by atoms with Crippen molar-refractivity contribution in [3.05, 3.63) is 65.4 Å². The molecule has 1 amide bonds. The van der Waals surface area contributed by atoms with Gasteiger partial charge in [0.15, 0.2) is 5.17 Å². The standard InChI is InChI=1S/C17H6Cl6N2O3S/c18-8-1-6(2-9(19)14(8)22)24-17-25(16(28)12(29-17)5-13(26)27)7-3-10(20)15(23)11(21)4-7/h1-5H,(H,26,27). The summed E-state index contributed by atoms with van der Waals surface area (Å²) in [5.74, 6) is -1.91. The van der Waals surface area contributed by atoms with Gasteiger partial charge in [-0.2, -0.15) is 0 Å². The normalized spacial score (nSPS) is 16.9. The van der Waals surface area contributed by atoms with Gasteiger partial charge >= 0.3 is 5.97 Å². The molecule has 0 radical (unpaired) electrons. The van der Waals surface area contributed by atoms with Gasteiger partial charge in [-0.15, -0.1) is 0 Å². The molecule has 1 fully saturated rings. The summed E-state index contributed by atoms with van der Waals surface area (Å²) in [6, 6.07) is 5.73. The molecule has 3 rings (SSSR count). The number of carboxylic acids is 1. The summed E-state index contributed by atoms with van der Waals surface area (Å²) in [4.78, 5) is 29.4. The van der Waals surface area contributed by atoms with Crippen LogP contribution in [-0.2, 0) is 9.59 Å². The topological polar surface area (TPSA) is 70.0 Å². The number of benzene rings is 2. The zero-order valence-electron chi connectivity index (χ0n) is 13.7. The molecule has 12 heteroatoms. The Morgan fingerprint density at radius 3 is 1.90 bits per heavy atom.